The highest BCUT2D eigenvalue weighted by molar-refractivity contribution is 6.78. The summed E-state index contributed by atoms with van der Waals surface area (Å²) >= 11 is 0. The lowest BCUT2D eigenvalue weighted by Gasteiger charge is -2.42. The van der Waals surface area contributed by atoms with Crippen LogP contribution in [0.1, 0.15) is 58.2 Å². The second-order valence-corrected chi connectivity index (χ2v) is 18.9. The topological polar surface area (TPSA) is 70.8 Å². The number of pyridine rings is 1. The number of halogens is 1. The van der Waals surface area contributed by atoms with Crippen molar-refractivity contribution in [1.29, 1.82) is 0 Å². The Kier molecular flexibility index (Phi) is 9.10. The van der Waals surface area contributed by atoms with Crippen LogP contribution in [0.15, 0.2) is 42.7 Å². The lowest BCUT2D eigenvalue weighted by Crippen LogP contribution is -2.50. The lowest BCUT2D eigenvalue weighted by molar-refractivity contribution is -0.131. The highest BCUT2D eigenvalue weighted by Crippen LogP contribution is 2.49. The second kappa shape index (κ2) is 12.5. The van der Waals surface area contributed by atoms with Gasteiger partial charge in [-0.2, -0.15) is 0 Å². The number of carbonyl (C=O) groups is 1. The van der Waals surface area contributed by atoms with Crippen molar-refractivity contribution in [2.45, 2.75) is 71.0 Å². The molecule has 236 valence electrons. The fourth-order valence-electron chi connectivity index (χ4n) is 7.32. The molecule has 1 aliphatic heterocycles. The Bertz CT molecular complexity index is 1640. The summed E-state index contributed by atoms with van der Waals surface area (Å²) in [7, 11) is 1.44. The van der Waals surface area contributed by atoms with E-state index in [2.05, 4.69) is 59.6 Å². The van der Waals surface area contributed by atoms with Crippen LogP contribution in [0, 0.1) is 5.82 Å². The van der Waals surface area contributed by atoms with Gasteiger partial charge in [0.15, 0.2) is 0 Å². The molecule has 1 fully saturated rings. The number of piperazine rings is 1. The van der Waals surface area contributed by atoms with E-state index < -0.39 is 8.32 Å². The standard InChI is InChI=1S/C35H47FN4O3Si/c1-22(2)44(23(3)4,24(5)6)43-34-32-30(21-39(8)35(32)42)28(19-31(41)40-15-13-38(7)14-16-40)29-18-26(20-37-33(29)34)17-25-9-11-27(36)12-10-25/h9-12,18,20-24,42H,13-17,19H2,1-8H3. The number of aromatic hydroxyl groups is 1. The monoisotopic (exact) mass is 618 g/mol. The number of hydrogen-bond donors (Lipinski definition) is 1. The fourth-order valence-corrected chi connectivity index (χ4v) is 12.6. The maximum atomic E-state index is 13.8. The van der Waals surface area contributed by atoms with E-state index in [1.807, 2.05) is 24.3 Å². The molecule has 2 aromatic carbocycles. The number of benzene rings is 2. The summed E-state index contributed by atoms with van der Waals surface area (Å²) in [4.78, 5) is 23.0. The van der Waals surface area contributed by atoms with Crippen LogP contribution in [0.2, 0.25) is 16.6 Å². The average molecular weight is 619 g/mol. The average Bonchev–Trinajstić information content (AvgIpc) is 3.27. The third kappa shape index (κ3) is 5.84. The number of rotatable bonds is 9. The molecule has 4 aromatic rings. The number of likely N-dealkylation sites (N-methyl/N-ethyl adjacent to an activating group) is 1. The van der Waals surface area contributed by atoms with Gasteiger partial charge in [0.05, 0.1) is 11.8 Å². The Hall–Kier alpha value is -3.43. The molecule has 3 heterocycles. The molecule has 5 rings (SSSR count). The second-order valence-electron chi connectivity index (χ2n) is 13.5. The predicted octanol–water partition coefficient (Wildman–Crippen LogP) is 7.03. The van der Waals surface area contributed by atoms with Crippen molar-refractivity contribution in [3.8, 4) is 11.6 Å². The smallest absolute Gasteiger partial charge is 0.258 e. The molecule has 0 unspecified atom stereocenters. The Balaban J connectivity index is 1.74. The molecule has 0 saturated carbocycles. The summed E-state index contributed by atoms with van der Waals surface area (Å²) in [5.41, 5.74) is 4.40. The maximum Gasteiger partial charge on any atom is 0.258 e. The van der Waals surface area contributed by atoms with E-state index >= 15 is 0 Å². The van der Waals surface area contributed by atoms with Crippen molar-refractivity contribution >= 4 is 35.9 Å². The summed E-state index contributed by atoms with van der Waals surface area (Å²) in [6.07, 6.45) is 4.54. The largest absolute Gasteiger partial charge is 0.541 e. The van der Waals surface area contributed by atoms with E-state index in [0.29, 0.717) is 52.8 Å². The van der Waals surface area contributed by atoms with E-state index in [1.165, 1.54) is 12.1 Å². The van der Waals surface area contributed by atoms with Crippen LogP contribution in [0.3, 0.4) is 0 Å². The first-order chi connectivity index (χ1) is 20.8. The van der Waals surface area contributed by atoms with Crippen LogP contribution in [0.25, 0.3) is 21.7 Å². The summed E-state index contributed by atoms with van der Waals surface area (Å²) < 4.78 is 22.7. The fraction of sp³-hybridized carbons (Fsp3) is 0.486. The molecule has 7 nitrogen and oxygen atoms in total. The zero-order valence-electron chi connectivity index (χ0n) is 27.4. The Morgan fingerprint density at radius 2 is 1.57 bits per heavy atom. The first-order valence-electron chi connectivity index (χ1n) is 15.8. The van der Waals surface area contributed by atoms with Crippen LogP contribution < -0.4 is 4.43 Å². The van der Waals surface area contributed by atoms with Gasteiger partial charge in [-0.25, -0.2) is 4.39 Å². The number of amides is 1. The van der Waals surface area contributed by atoms with Gasteiger partial charge in [0.25, 0.3) is 8.32 Å². The van der Waals surface area contributed by atoms with Gasteiger partial charge in [-0.1, -0.05) is 53.7 Å². The molecule has 0 atom stereocenters. The van der Waals surface area contributed by atoms with Gasteiger partial charge in [0.1, 0.15) is 17.1 Å². The van der Waals surface area contributed by atoms with Gasteiger partial charge < -0.3 is 23.9 Å². The first-order valence-corrected chi connectivity index (χ1v) is 18.0. The summed E-state index contributed by atoms with van der Waals surface area (Å²) in [5, 5.41) is 13.8. The first kappa shape index (κ1) is 32.0. The number of aryl methyl sites for hydroxylation is 1. The van der Waals surface area contributed by atoms with Crippen LogP contribution in [-0.2, 0) is 24.7 Å². The van der Waals surface area contributed by atoms with E-state index in [-0.39, 0.29) is 24.0 Å². The highest BCUT2D eigenvalue weighted by Gasteiger charge is 2.48. The molecule has 1 saturated heterocycles. The molecule has 1 N–H and O–H groups in total. The summed E-state index contributed by atoms with van der Waals surface area (Å²) in [6, 6.07) is 8.63. The van der Waals surface area contributed by atoms with Crippen LogP contribution in [0.4, 0.5) is 4.39 Å². The summed E-state index contributed by atoms with van der Waals surface area (Å²) in [6.45, 7) is 16.5. The van der Waals surface area contributed by atoms with Gasteiger partial charge >= 0.3 is 0 Å². The molecule has 0 aliphatic carbocycles. The lowest BCUT2D eigenvalue weighted by atomic mass is 9.96. The molecule has 1 aliphatic rings. The van der Waals surface area contributed by atoms with Gasteiger partial charge in [-0.15, -0.1) is 0 Å². The molecular weight excluding hydrogens is 571 g/mol. The van der Waals surface area contributed by atoms with Gasteiger partial charge in [-0.3, -0.25) is 9.78 Å². The molecule has 1 amide bonds. The molecule has 0 bridgehead atoms. The van der Waals surface area contributed by atoms with Gasteiger partial charge in [0.2, 0.25) is 11.8 Å². The maximum absolute atomic E-state index is 13.8. The van der Waals surface area contributed by atoms with Crippen molar-refractivity contribution < 1.29 is 18.7 Å². The normalized spacial score (nSPS) is 15.0. The van der Waals surface area contributed by atoms with E-state index in [9.17, 15) is 14.3 Å². The zero-order chi connectivity index (χ0) is 31.9. The highest BCUT2D eigenvalue weighted by atomic mass is 28.4. The molecule has 2 aromatic heterocycles. The van der Waals surface area contributed by atoms with Crippen LogP contribution in [-0.4, -0.2) is 71.9 Å². The predicted molar refractivity (Wildman–Crippen MR) is 179 cm³/mol. The minimum atomic E-state index is -2.45. The van der Waals surface area contributed by atoms with Crippen molar-refractivity contribution in [2.75, 3.05) is 33.2 Å². The molecular formula is C35H47FN4O3Si. The number of fused-ring (bicyclic) bond motifs is 2. The number of carbonyl (C=O) groups excluding carboxylic acids is 1. The molecule has 44 heavy (non-hydrogen) atoms. The van der Waals surface area contributed by atoms with Gasteiger partial charge in [0, 0.05) is 56.4 Å². The number of nitrogens with zero attached hydrogens (tertiary/aromatic N) is 4. The number of aromatic nitrogens is 2. The third-order valence-corrected chi connectivity index (χ3v) is 15.6. The zero-order valence-corrected chi connectivity index (χ0v) is 28.4. The van der Waals surface area contributed by atoms with E-state index in [0.717, 1.165) is 40.6 Å². The molecule has 0 radical (unpaired) electrons. The Labute approximate surface area is 261 Å². The van der Waals surface area contributed by atoms with Crippen molar-refractivity contribution in [3.63, 3.8) is 0 Å². The summed E-state index contributed by atoms with van der Waals surface area (Å²) in [5.74, 6) is 0.523. The SMILES string of the molecule is CC(C)[Si](Oc1c2ncc(Cc3ccc(F)cc3)cc2c(CC(=O)N2CCN(C)CC2)c2cn(C)c(O)c12)(C(C)C)C(C)C. The van der Waals surface area contributed by atoms with Crippen LogP contribution in [0.5, 0.6) is 11.6 Å². The van der Waals surface area contributed by atoms with Gasteiger partial charge in [-0.05, 0) is 65.0 Å². The van der Waals surface area contributed by atoms with Crippen LogP contribution >= 0.6 is 0 Å². The van der Waals surface area contributed by atoms with E-state index in [1.54, 1.807) is 16.7 Å². The molecule has 0 spiro atoms. The minimum Gasteiger partial charge on any atom is -0.541 e. The Morgan fingerprint density at radius 1 is 0.955 bits per heavy atom. The quantitative estimate of drug-likeness (QED) is 0.204. The van der Waals surface area contributed by atoms with E-state index in [4.69, 9.17) is 9.41 Å². The van der Waals surface area contributed by atoms with Crippen molar-refractivity contribution in [1.82, 2.24) is 19.4 Å². The van der Waals surface area contributed by atoms with Crippen molar-refractivity contribution in [3.05, 3.63) is 65.2 Å². The number of hydrogen-bond acceptors (Lipinski definition) is 5. The minimum absolute atomic E-state index is 0.0666. The van der Waals surface area contributed by atoms with Crippen molar-refractivity contribution in [2.24, 2.45) is 7.05 Å². The Morgan fingerprint density at radius 3 is 2.16 bits per heavy atom. The third-order valence-electron chi connectivity index (χ3n) is 9.68. The molecule has 9 heteroatoms.